The fraction of sp³-hybridized carbons (Fsp3) is 0.0625. The van der Waals surface area contributed by atoms with Gasteiger partial charge in [-0.2, -0.15) is 0 Å². The SMILES string of the molecule is O=C(CSc1ccc(F)cc1)Nc1nnc(-c2cc(Cl)cc(Cl)c2)o1. The standard InChI is InChI=1S/C16H10Cl2FN3O2S/c17-10-5-9(6-11(18)7-10)15-21-22-16(24-15)20-14(23)8-25-13-3-1-12(19)2-4-13/h1-7H,8H2,(H,20,22,23). The fourth-order valence-corrected chi connectivity index (χ4v) is 3.13. The molecule has 128 valence electrons. The molecule has 0 unspecified atom stereocenters. The van der Waals surface area contributed by atoms with E-state index < -0.39 is 0 Å². The Morgan fingerprint density at radius 2 is 1.80 bits per heavy atom. The van der Waals surface area contributed by atoms with E-state index in [9.17, 15) is 9.18 Å². The van der Waals surface area contributed by atoms with E-state index in [1.54, 1.807) is 30.3 Å². The first-order valence-electron chi connectivity index (χ1n) is 6.98. The van der Waals surface area contributed by atoms with Crippen molar-refractivity contribution in [3.63, 3.8) is 0 Å². The van der Waals surface area contributed by atoms with E-state index in [1.807, 2.05) is 0 Å². The van der Waals surface area contributed by atoms with Crippen molar-refractivity contribution < 1.29 is 13.6 Å². The maximum absolute atomic E-state index is 12.8. The average Bonchev–Trinajstić information content (AvgIpc) is 3.02. The Morgan fingerprint density at radius 3 is 2.48 bits per heavy atom. The summed E-state index contributed by atoms with van der Waals surface area (Å²) in [7, 11) is 0. The molecular weight excluding hydrogens is 388 g/mol. The molecule has 3 rings (SSSR count). The van der Waals surface area contributed by atoms with E-state index in [4.69, 9.17) is 27.6 Å². The Morgan fingerprint density at radius 1 is 1.12 bits per heavy atom. The number of thioether (sulfide) groups is 1. The van der Waals surface area contributed by atoms with Crippen molar-refractivity contribution in [3.05, 3.63) is 58.3 Å². The number of nitrogens with one attached hydrogen (secondary N) is 1. The van der Waals surface area contributed by atoms with Crippen molar-refractivity contribution in [2.24, 2.45) is 0 Å². The summed E-state index contributed by atoms with van der Waals surface area (Å²) >= 11 is 13.1. The summed E-state index contributed by atoms with van der Waals surface area (Å²) in [5.74, 6) is -0.348. The molecular formula is C16H10Cl2FN3O2S. The van der Waals surface area contributed by atoms with Gasteiger partial charge in [-0.05, 0) is 42.5 Å². The number of benzene rings is 2. The van der Waals surface area contributed by atoms with Crippen LogP contribution in [0.2, 0.25) is 10.0 Å². The number of amides is 1. The van der Waals surface area contributed by atoms with Gasteiger partial charge in [0, 0.05) is 20.5 Å². The van der Waals surface area contributed by atoms with E-state index in [2.05, 4.69) is 15.5 Å². The quantitative estimate of drug-likeness (QED) is 0.619. The molecule has 0 aliphatic carbocycles. The van der Waals surface area contributed by atoms with Gasteiger partial charge >= 0.3 is 6.01 Å². The molecule has 3 aromatic rings. The van der Waals surface area contributed by atoms with Gasteiger partial charge in [-0.15, -0.1) is 16.9 Å². The molecule has 2 aromatic carbocycles. The maximum atomic E-state index is 12.8. The maximum Gasteiger partial charge on any atom is 0.322 e. The van der Waals surface area contributed by atoms with Gasteiger partial charge in [-0.1, -0.05) is 28.3 Å². The number of hydrogen-bond donors (Lipinski definition) is 1. The molecule has 0 bridgehead atoms. The minimum absolute atomic E-state index is 0.0317. The van der Waals surface area contributed by atoms with Crippen molar-refractivity contribution in [1.82, 2.24) is 10.2 Å². The van der Waals surface area contributed by atoms with Crippen LogP contribution in [0.3, 0.4) is 0 Å². The number of halogens is 3. The summed E-state index contributed by atoms with van der Waals surface area (Å²) in [5, 5.41) is 11.0. The summed E-state index contributed by atoms with van der Waals surface area (Å²) in [5.41, 5.74) is 0.547. The van der Waals surface area contributed by atoms with E-state index in [0.717, 1.165) is 4.90 Å². The van der Waals surface area contributed by atoms with Crippen LogP contribution in [-0.4, -0.2) is 21.9 Å². The van der Waals surface area contributed by atoms with Crippen molar-refractivity contribution >= 4 is 46.9 Å². The summed E-state index contributed by atoms with van der Waals surface area (Å²) in [6.45, 7) is 0. The van der Waals surface area contributed by atoms with Crippen LogP contribution in [0.25, 0.3) is 11.5 Å². The van der Waals surface area contributed by atoms with Crippen LogP contribution in [0, 0.1) is 5.82 Å². The Hall–Kier alpha value is -2.09. The zero-order valence-electron chi connectivity index (χ0n) is 12.5. The Labute approximate surface area is 156 Å². The van der Waals surface area contributed by atoms with Gasteiger partial charge in [-0.25, -0.2) is 4.39 Å². The van der Waals surface area contributed by atoms with Gasteiger partial charge in [0.05, 0.1) is 5.75 Å². The molecule has 25 heavy (non-hydrogen) atoms. The molecule has 0 aliphatic rings. The smallest absolute Gasteiger partial charge is 0.322 e. The van der Waals surface area contributed by atoms with Gasteiger partial charge < -0.3 is 4.42 Å². The molecule has 0 fully saturated rings. The first-order valence-corrected chi connectivity index (χ1v) is 8.72. The van der Waals surface area contributed by atoms with Crippen LogP contribution >= 0.6 is 35.0 Å². The van der Waals surface area contributed by atoms with Crippen LogP contribution in [0.1, 0.15) is 0 Å². The van der Waals surface area contributed by atoms with Crippen molar-refractivity contribution in [2.45, 2.75) is 4.90 Å². The summed E-state index contributed by atoms with van der Waals surface area (Å²) in [4.78, 5) is 12.7. The number of nitrogens with zero attached hydrogens (tertiary/aromatic N) is 2. The highest BCUT2D eigenvalue weighted by Gasteiger charge is 2.13. The zero-order valence-corrected chi connectivity index (χ0v) is 14.8. The van der Waals surface area contributed by atoms with Gasteiger partial charge in [0.1, 0.15) is 5.82 Å². The molecule has 0 aliphatic heterocycles. The lowest BCUT2D eigenvalue weighted by molar-refractivity contribution is -0.113. The molecule has 1 N–H and O–H groups in total. The van der Waals surface area contributed by atoms with Crippen molar-refractivity contribution in [3.8, 4) is 11.5 Å². The number of rotatable bonds is 5. The lowest BCUT2D eigenvalue weighted by atomic mass is 10.2. The first kappa shape index (κ1) is 17.7. The van der Waals surface area contributed by atoms with E-state index >= 15 is 0 Å². The molecule has 1 amide bonds. The monoisotopic (exact) mass is 397 g/mol. The molecule has 1 aromatic heterocycles. The van der Waals surface area contributed by atoms with Crippen LogP contribution in [0.15, 0.2) is 51.8 Å². The fourth-order valence-electron chi connectivity index (χ4n) is 1.90. The topological polar surface area (TPSA) is 68.0 Å². The number of carbonyl (C=O) groups is 1. The Bertz CT molecular complexity index is 882. The summed E-state index contributed by atoms with van der Waals surface area (Å²) < 4.78 is 18.2. The highest BCUT2D eigenvalue weighted by atomic mass is 35.5. The minimum Gasteiger partial charge on any atom is -0.403 e. The number of carbonyl (C=O) groups excluding carboxylic acids is 1. The Kier molecular flexibility index (Phi) is 5.57. The van der Waals surface area contributed by atoms with Crippen LogP contribution < -0.4 is 5.32 Å². The summed E-state index contributed by atoms with van der Waals surface area (Å²) in [6.07, 6.45) is 0. The average molecular weight is 398 g/mol. The molecule has 0 atom stereocenters. The second-order valence-corrected chi connectivity index (χ2v) is 6.78. The normalized spacial score (nSPS) is 10.7. The largest absolute Gasteiger partial charge is 0.403 e. The molecule has 0 saturated carbocycles. The molecule has 5 nitrogen and oxygen atoms in total. The predicted molar refractivity (Wildman–Crippen MR) is 95.5 cm³/mol. The molecule has 1 heterocycles. The van der Waals surface area contributed by atoms with Crippen LogP contribution in [-0.2, 0) is 4.79 Å². The van der Waals surface area contributed by atoms with E-state index in [1.165, 1.54) is 23.9 Å². The third-order valence-corrected chi connectivity index (χ3v) is 4.41. The number of hydrogen-bond acceptors (Lipinski definition) is 5. The highest BCUT2D eigenvalue weighted by Crippen LogP contribution is 2.27. The van der Waals surface area contributed by atoms with Crippen LogP contribution in [0.5, 0.6) is 0 Å². The highest BCUT2D eigenvalue weighted by molar-refractivity contribution is 8.00. The second-order valence-electron chi connectivity index (χ2n) is 4.86. The molecule has 9 heteroatoms. The lowest BCUT2D eigenvalue weighted by Crippen LogP contribution is -2.14. The van der Waals surface area contributed by atoms with E-state index in [0.29, 0.717) is 15.6 Å². The van der Waals surface area contributed by atoms with Gasteiger partial charge in [-0.3, -0.25) is 10.1 Å². The third kappa shape index (κ3) is 4.94. The molecule has 0 saturated heterocycles. The Balaban J connectivity index is 1.60. The predicted octanol–water partition coefficient (Wildman–Crippen LogP) is 4.91. The lowest BCUT2D eigenvalue weighted by Gasteiger charge is -2.01. The third-order valence-electron chi connectivity index (χ3n) is 2.96. The van der Waals surface area contributed by atoms with Gasteiger partial charge in [0.15, 0.2) is 0 Å². The van der Waals surface area contributed by atoms with E-state index in [-0.39, 0.29) is 29.4 Å². The van der Waals surface area contributed by atoms with Crippen molar-refractivity contribution in [1.29, 1.82) is 0 Å². The van der Waals surface area contributed by atoms with Crippen molar-refractivity contribution in [2.75, 3.05) is 11.1 Å². The minimum atomic E-state index is -0.326. The number of anilines is 1. The second kappa shape index (κ2) is 7.86. The molecule has 0 radical (unpaired) electrons. The van der Waals surface area contributed by atoms with Gasteiger partial charge in [0.25, 0.3) is 0 Å². The zero-order chi connectivity index (χ0) is 17.8. The van der Waals surface area contributed by atoms with Gasteiger partial charge in [0.2, 0.25) is 11.8 Å². The summed E-state index contributed by atoms with van der Waals surface area (Å²) in [6, 6.07) is 10.7. The molecule has 0 spiro atoms. The van der Waals surface area contributed by atoms with Crippen LogP contribution in [0.4, 0.5) is 10.4 Å². The first-order chi connectivity index (χ1) is 12.0. The number of aromatic nitrogens is 2.